The molecule has 1 aromatic rings. The molecule has 4 nitrogen and oxygen atoms in total. The minimum Gasteiger partial charge on any atom is -0.481 e. The summed E-state index contributed by atoms with van der Waals surface area (Å²) in [5, 5.41) is 13.2. The van der Waals surface area contributed by atoms with Crippen molar-refractivity contribution in [3.63, 3.8) is 0 Å². The summed E-state index contributed by atoms with van der Waals surface area (Å²) >= 11 is 1.64. The first-order valence-corrected chi connectivity index (χ1v) is 6.88. The molecule has 5 heteroatoms. The molecule has 0 fully saturated rings. The van der Waals surface area contributed by atoms with Crippen LogP contribution in [0, 0.1) is 0 Å². The fourth-order valence-electron chi connectivity index (χ4n) is 1.47. The second kappa shape index (κ2) is 6.83. The summed E-state index contributed by atoms with van der Waals surface area (Å²) in [6.07, 6.45) is 3.76. The third kappa shape index (κ3) is 5.39. The molecular formula is C12H20N2O2S. The van der Waals surface area contributed by atoms with Crippen LogP contribution in [0.1, 0.15) is 12.5 Å². The van der Waals surface area contributed by atoms with Crippen molar-refractivity contribution in [2.24, 2.45) is 0 Å². The number of rotatable bonds is 7. The van der Waals surface area contributed by atoms with E-state index in [1.54, 1.807) is 25.1 Å². The van der Waals surface area contributed by atoms with E-state index in [1.807, 2.05) is 25.3 Å². The summed E-state index contributed by atoms with van der Waals surface area (Å²) in [6.45, 7) is 3.10. The molecule has 0 bridgehead atoms. The number of pyridine rings is 1. The Kier molecular flexibility index (Phi) is 5.74. The number of nitrogens with zero attached hydrogens (tertiary/aromatic N) is 1. The zero-order valence-electron chi connectivity index (χ0n) is 10.6. The van der Waals surface area contributed by atoms with E-state index in [1.165, 1.54) is 0 Å². The molecule has 1 unspecified atom stereocenters. The third-order valence-electron chi connectivity index (χ3n) is 2.30. The normalized spacial score (nSPS) is 14.4. The van der Waals surface area contributed by atoms with Crippen molar-refractivity contribution in [3.8, 4) is 5.88 Å². The van der Waals surface area contributed by atoms with Crippen LogP contribution in [-0.4, -0.2) is 41.4 Å². The van der Waals surface area contributed by atoms with Gasteiger partial charge < -0.3 is 15.2 Å². The highest BCUT2D eigenvalue weighted by molar-refractivity contribution is 7.98. The third-order valence-corrected chi connectivity index (χ3v) is 3.21. The van der Waals surface area contributed by atoms with Gasteiger partial charge in [-0.1, -0.05) is 6.07 Å². The van der Waals surface area contributed by atoms with Crippen LogP contribution in [0.5, 0.6) is 5.88 Å². The van der Waals surface area contributed by atoms with Crippen molar-refractivity contribution in [2.45, 2.75) is 19.1 Å². The van der Waals surface area contributed by atoms with E-state index in [4.69, 9.17) is 4.74 Å². The molecule has 1 rings (SSSR count). The van der Waals surface area contributed by atoms with Crippen LogP contribution in [0.15, 0.2) is 18.3 Å². The lowest BCUT2D eigenvalue weighted by Gasteiger charge is -2.22. The van der Waals surface area contributed by atoms with E-state index < -0.39 is 5.60 Å². The van der Waals surface area contributed by atoms with Gasteiger partial charge in [-0.05, 0) is 18.7 Å². The maximum Gasteiger partial charge on any atom is 0.212 e. The van der Waals surface area contributed by atoms with Gasteiger partial charge in [0.2, 0.25) is 5.88 Å². The summed E-state index contributed by atoms with van der Waals surface area (Å²) in [6, 6.07) is 3.79. The predicted molar refractivity (Wildman–Crippen MR) is 71.5 cm³/mol. The van der Waals surface area contributed by atoms with Gasteiger partial charge in [-0.2, -0.15) is 11.8 Å². The van der Waals surface area contributed by atoms with Gasteiger partial charge in [-0.25, -0.2) is 4.98 Å². The average molecular weight is 256 g/mol. The molecule has 1 atom stereocenters. The Bertz CT molecular complexity index is 328. The summed E-state index contributed by atoms with van der Waals surface area (Å²) in [5.41, 5.74) is 0.407. The van der Waals surface area contributed by atoms with E-state index in [0.717, 1.165) is 11.3 Å². The first-order valence-electron chi connectivity index (χ1n) is 5.48. The molecule has 0 radical (unpaired) electrons. The van der Waals surface area contributed by atoms with E-state index in [0.29, 0.717) is 19.0 Å². The largest absolute Gasteiger partial charge is 0.481 e. The van der Waals surface area contributed by atoms with Crippen molar-refractivity contribution in [2.75, 3.05) is 25.7 Å². The van der Waals surface area contributed by atoms with Crippen LogP contribution in [0.4, 0.5) is 0 Å². The fourth-order valence-corrected chi connectivity index (χ4v) is 2.20. The lowest BCUT2D eigenvalue weighted by Crippen LogP contribution is -2.39. The second-order valence-electron chi connectivity index (χ2n) is 4.24. The number of aliphatic hydroxyl groups is 1. The topological polar surface area (TPSA) is 54.4 Å². The van der Waals surface area contributed by atoms with Crippen molar-refractivity contribution in [1.29, 1.82) is 0 Å². The molecule has 0 amide bonds. The average Bonchev–Trinajstić information content (AvgIpc) is 2.29. The number of nitrogens with one attached hydrogen (secondary N) is 1. The molecule has 0 aliphatic carbocycles. The molecule has 1 heterocycles. The van der Waals surface area contributed by atoms with Gasteiger partial charge in [-0.3, -0.25) is 0 Å². The van der Waals surface area contributed by atoms with Crippen LogP contribution >= 0.6 is 11.8 Å². The van der Waals surface area contributed by atoms with E-state index >= 15 is 0 Å². The summed E-state index contributed by atoms with van der Waals surface area (Å²) < 4.78 is 4.99. The van der Waals surface area contributed by atoms with Crippen LogP contribution < -0.4 is 10.1 Å². The molecule has 0 aliphatic heterocycles. The second-order valence-corrected chi connectivity index (χ2v) is 5.11. The van der Waals surface area contributed by atoms with Crippen molar-refractivity contribution >= 4 is 11.8 Å². The number of hydrogen-bond acceptors (Lipinski definition) is 5. The Morgan fingerprint density at radius 1 is 1.53 bits per heavy atom. The minimum atomic E-state index is -0.667. The predicted octanol–water partition coefficient (Wildman–Crippen LogP) is 1.29. The highest BCUT2D eigenvalue weighted by atomic mass is 32.2. The molecule has 0 aromatic carbocycles. The molecule has 0 spiro atoms. The first-order chi connectivity index (χ1) is 8.07. The number of thioether (sulfide) groups is 1. The van der Waals surface area contributed by atoms with Gasteiger partial charge in [0, 0.05) is 31.1 Å². The monoisotopic (exact) mass is 256 g/mol. The van der Waals surface area contributed by atoms with Crippen LogP contribution in [0.25, 0.3) is 0 Å². The fraction of sp³-hybridized carbons (Fsp3) is 0.583. The Morgan fingerprint density at radius 3 is 2.82 bits per heavy atom. The quantitative estimate of drug-likeness (QED) is 0.770. The summed E-state index contributed by atoms with van der Waals surface area (Å²) in [4.78, 5) is 4.12. The van der Waals surface area contributed by atoms with Crippen LogP contribution in [0.3, 0.4) is 0 Å². The van der Waals surface area contributed by atoms with Gasteiger partial charge in [-0.15, -0.1) is 0 Å². The van der Waals surface area contributed by atoms with E-state index in [-0.39, 0.29) is 0 Å². The molecule has 0 saturated heterocycles. The van der Waals surface area contributed by atoms with Crippen molar-refractivity contribution in [1.82, 2.24) is 10.3 Å². The zero-order chi connectivity index (χ0) is 12.7. The van der Waals surface area contributed by atoms with Crippen LogP contribution in [-0.2, 0) is 6.54 Å². The maximum atomic E-state index is 9.96. The highest BCUT2D eigenvalue weighted by Crippen LogP contribution is 2.10. The maximum absolute atomic E-state index is 9.96. The van der Waals surface area contributed by atoms with E-state index in [2.05, 4.69) is 10.3 Å². The van der Waals surface area contributed by atoms with Gasteiger partial charge >= 0.3 is 0 Å². The molecule has 2 N–H and O–H groups in total. The van der Waals surface area contributed by atoms with Gasteiger partial charge in [0.1, 0.15) is 0 Å². The van der Waals surface area contributed by atoms with Gasteiger partial charge in [0.25, 0.3) is 0 Å². The molecular weight excluding hydrogens is 236 g/mol. The molecule has 17 heavy (non-hydrogen) atoms. The standard InChI is InChI=1S/C12H20N2O2S/c1-12(15,9-17-3)8-13-6-10-4-5-11(16-2)14-7-10/h4-5,7,13,15H,6,8-9H2,1-3H3. The lowest BCUT2D eigenvalue weighted by molar-refractivity contribution is 0.0846. The van der Waals surface area contributed by atoms with Gasteiger partial charge in [0.15, 0.2) is 0 Å². The molecule has 1 aromatic heterocycles. The number of hydrogen-bond donors (Lipinski definition) is 2. The smallest absolute Gasteiger partial charge is 0.212 e. The number of ether oxygens (including phenoxy) is 1. The van der Waals surface area contributed by atoms with E-state index in [9.17, 15) is 5.11 Å². The molecule has 96 valence electrons. The lowest BCUT2D eigenvalue weighted by atomic mass is 10.1. The first kappa shape index (κ1) is 14.3. The number of aromatic nitrogens is 1. The molecule has 0 aliphatic rings. The zero-order valence-corrected chi connectivity index (χ0v) is 11.4. The Labute approximate surface area is 107 Å². The Hall–Kier alpha value is -0.780. The summed E-state index contributed by atoms with van der Waals surface area (Å²) in [5.74, 6) is 1.34. The summed E-state index contributed by atoms with van der Waals surface area (Å²) in [7, 11) is 1.60. The Balaban J connectivity index is 2.35. The van der Waals surface area contributed by atoms with Gasteiger partial charge in [0.05, 0.1) is 12.7 Å². The highest BCUT2D eigenvalue weighted by Gasteiger charge is 2.18. The van der Waals surface area contributed by atoms with Crippen LogP contribution in [0.2, 0.25) is 0 Å². The number of methoxy groups -OCH3 is 1. The molecule has 0 saturated carbocycles. The SMILES string of the molecule is COc1ccc(CNCC(C)(O)CSC)cn1. The van der Waals surface area contributed by atoms with Crippen molar-refractivity contribution in [3.05, 3.63) is 23.9 Å². The van der Waals surface area contributed by atoms with Crippen molar-refractivity contribution < 1.29 is 9.84 Å². The Morgan fingerprint density at radius 2 is 2.29 bits per heavy atom. The minimum absolute atomic E-state index is 0.569.